The van der Waals surface area contributed by atoms with E-state index in [4.69, 9.17) is 11.5 Å². The zero-order chi connectivity index (χ0) is 26.6. The van der Waals surface area contributed by atoms with Crippen LogP contribution in [-0.4, -0.2) is 53.3 Å². The van der Waals surface area contributed by atoms with E-state index in [0.29, 0.717) is 47.6 Å². The Balaban J connectivity index is 1.61. The fourth-order valence-electron chi connectivity index (χ4n) is 5.75. The van der Waals surface area contributed by atoms with E-state index in [9.17, 15) is 14.4 Å². The van der Waals surface area contributed by atoms with E-state index in [1.165, 1.54) is 17.8 Å². The number of aromatic nitrogens is 1. The number of urea groups is 1. The average Bonchev–Trinajstić information content (AvgIpc) is 3.34. The summed E-state index contributed by atoms with van der Waals surface area (Å²) in [5.41, 5.74) is 11.1. The molecule has 11 heteroatoms. The number of nitrogens with zero attached hydrogens (tertiary/aromatic N) is 2. The molecule has 3 aliphatic rings. The van der Waals surface area contributed by atoms with Crippen molar-refractivity contribution >= 4 is 35.0 Å². The minimum absolute atomic E-state index is 0.0231. The Labute approximate surface area is 217 Å². The Bertz CT molecular complexity index is 959. The summed E-state index contributed by atoms with van der Waals surface area (Å²) in [6.07, 6.45) is 4.57. The monoisotopic (exact) mass is 519 g/mol. The van der Waals surface area contributed by atoms with Gasteiger partial charge in [-0.2, -0.15) is 0 Å². The smallest absolute Gasteiger partial charge is 0.315 e. The molecular weight excluding hydrogens is 478 g/mol. The Morgan fingerprint density at radius 3 is 2.50 bits per heavy atom. The summed E-state index contributed by atoms with van der Waals surface area (Å²) in [7, 11) is 0. The van der Waals surface area contributed by atoms with Crippen molar-refractivity contribution in [2.75, 3.05) is 6.54 Å². The number of hydrogen-bond donors (Lipinski definition) is 5. The van der Waals surface area contributed by atoms with E-state index < -0.39 is 18.0 Å². The Hall–Kier alpha value is -2.69. The number of guanidine groups is 1. The van der Waals surface area contributed by atoms with Crippen molar-refractivity contribution in [3.63, 3.8) is 0 Å². The topological polar surface area (TPSA) is 165 Å². The number of rotatable bonds is 11. The molecule has 7 N–H and O–H groups in total. The number of carbonyl (C=O) groups is 3. The van der Waals surface area contributed by atoms with Crippen molar-refractivity contribution in [3.05, 3.63) is 16.6 Å². The van der Waals surface area contributed by atoms with Gasteiger partial charge in [-0.15, -0.1) is 11.3 Å². The number of ketones is 1. The van der Waals surface area contributed by atoms with Gasteiger partial charge < -0.3 is 27.4 Å². The van der Waals surface area contributed by atoms with Crippen LogP contribution in [-0.2, 0) is 4.79 Å². The molecule has 6 atom stereocenters. The molecule has 10 nitrogen and oxygen atoms in total. The van der Waals surface area contributed by atoms with Gasteiger partial charge in [-0.3, -0.25) is 14.6 Å². The predicted octanol–water partition coefficient (Wildman–Crippen LogP) is 2.26. The van der Waals surface area contributed by atoms with Crippen molar-refractivity contribution in [2.24, 2.45) is 45.5 Å². The third kappa shape index (κ3) is 6.35. The fraction of sp³-hybridized carbons (Fsp3) is 0.720. The van der Waals surface area contributed by atoms with Crippen LogP contribution in [0, 0.1) is 29.1 Å². The van der Waals surface area contributed by atoms with Gasteiger partial charge in [0, 0.05) is 24.2 Å². The van der Waals surface area contributed by atoms with E-state index in [1.54, 1.807) is 11.6 Å². The largest absolute Gasteiger partial charge is 0.370 e. The van der Waals surface area contributed by atoms with E-state index >= 15 is 0 Å². The van der Waals surface area contributed by atoms with Gasteiger partial charge in [0.25, 0.3) is 0 Å². The molecule has 1 heterocycles. The highest BCUT2D eigenvalue weighted by atomic mass is 32.1. The van der Waals surface area contributed by atoms with Gasteiger partial charge in [-0.05, 0) is 54.8 Å². The molecule has 2 bridgehead atoms. The van der Waals surface area contributed by atoms with E-state index in [1.807, 2.05) is 13.8 Å². The quantitative estimate of drug-likeness (QED) is 0.130. The second-order valence-corrected chi connectivity index (χ2v) is 12.0. The molecule has 3 aliphatic carbocycles. The molecule has 0 saturated heterocycles. The Morgan fingerprint density at radius 1 is 1.22 bits per heavy atom. The Kier molecular flexibility index (Phi) is 8.97. The molecule has 0 unspecified atom stereocenters. The number of nitrogens with two attached hydrogens (primary N) is 2. The van der Waals surface area contributed by atoms with Crippen LogP contribution in [0.5, 0.6) is 0 Å². The maximum Gasteiger partial charge on any atom is 0.315 e. The zero-order valence-corrected chi connectivity index (χ0v) is 22.7. The molecule has 0 aromatic carbocycles. The van der Waals surface area contributed by atoms with Crippen molar-refractivity contribution in [3.8, 4) is 0 Å². The van der Waals surface area contributed by atoms with Crippen molar-refractivity contribution in [1.82, 2.24) is 20.9 Å². The second kappa shape index (κ2) is 11.6. The van der Waals surface area contributed by atoms with Crippen LogP contribution in [0.2, 0.25) is 0 Å². The molecular formula is C25H41N7O3S. The second-order valence-electron chi connectivity index (χ2n) is 11.1. The third-order valence-corrected chi connectivity index (χ3v) is 8.92. The number of nitrogens with one attached hydrogen (secondary N) is 3. The van der Waals surface area contributed by atoms with Gasteiger partial charge in [0.2, 0.25) is 11.7 Å². The van der Waals surface area contributed by atoms with Crippen molar-refractivity contribution in [1.29, 1.82) is 0 Å². The number of carbonyl (C=O) groups excluding carboxylic acids is 3. The summed E-state index contributed by atoms with van der Waals surface area (Å²) in [4.78, 5) is 47.2. The number of aliphatic imine (C=N–C) groups is 1. The molecule has 3 saturated carbocycles. The predicted molar refractivity (Wildman–Crippen MR) is 142 cm³/mol. The highest BCUT2D eigenvalue weighted by Gasteiger charge is 2.56. The summed E-state index contributed by atoms with van der Waals surface area (Å²) in [6.45, 7) is 10.9. The number of hydrogen-bond acceptors (Lipinski definition) is 6. The minimum Gasteiger partial charge on any atom is -0.370 e. The van der Waals surface area contributed by atoms with E-state index in [0.717, 1.165) is 6.42 Å². The highest BCUT2D eigenvalue weighted by molar-refractivity contribution is 7.11. The summed E-state index contributed by atoms with van der Waals surface area (Å²) < 4.78 is 0. The Morgan fingerprint density at radius 2 is 1.94 bits per heavy atom. The summed E-state index contributed by atoms with van der Waals surface area (Å²) in [5.74, 6) is 0.722. The number of thiazole rings is 1. The maximum absolute atomic E-state index is 13.3. The summed E-state index contributed by atoms with van der Waals surface area (Å²) in [6, 6.07) is -1.85. The third-order valence-electron chi connectivity index (χ3n) is 8.13. The number of Topliss-reactive ketones (excluding diaryl/α,β-unsaturated/α-hetero) is 1. The molecule has 200 valence electrons. The first kappa shape index (κ1) is 27.9. The van der Waals surface area contributed by atoms with Gasteiger partial charge in [0.1, 0.15) is 6.04 Å². The van der Waals surface area contributed by atoms with Crippen molar-refractivity contribution < 1.29 is 14.4 Å². The van der Waals surface area contributed by atoms with Crippen LogP contribution in [0.3, 0.4) is 0 Å². The van der Waals surface area contributed by atoms with Gasteiger partial charge >= 0.3 is 6.03 Å². The van der Waals surface area contributed by atoms with Crippen LogP contribution in [0.25, 0.3) is 0 Å². The first-order valence-corrected chi connectivity index (χ1v) is 13.7. The molecule has 3 fully saturated rings. The molecule has 0 radical (unpaired) electrons. The molecule has 1 aromatic rings. The van der Waals surface area contributed by atoms with Gasteiger partial charge in [0.15, 0.2) is 11.0 Å². The number of fused-ring (bicyclic) bond motifs is 2. The lowest BCUT2D eigenvalue weighted by Crippen LogP contribution is -2.63. The average molecular weight is 520 g/mol. The molecule has 0 spiro atoms. The SMILES string of the molecule is CC(C)[C@H](NC(=O)N[C@H]1C[C@H]2C[C@@H]([C@@H]1C)C2(C)C)C(=O)N[C@@H](CCCN=C(N)N)C(=O)c1nccs1. The molecule has 1 aromatic heterocycles. The molecule has 36 heavy (non-hydrogen) atoms. The van der Waals surface area contributed by atoms with Crippen molar-refractivity contribution in [2.45, 2.75) is 78.4 Å². The summed E-state index contributed by atoms with van der Waals surface area (Å²) in [5, 5.41) is 10.8. The first-order valence-electron chi connectivity index (χ1n) is 12.8. The minimum atomic E-state index is -0.795. The molecule has 3 amide bonds. The van der Waals surface area contributed by atoms with Gasteiger partial charge in [0.05, 0.1) is 6.04 Å². The maximum atomic E-state index is 13.3. The standard InChI is InChI=1S/C25H41N7O3S/c1-13(2)19(32-24(35)31-18-12-15-11-16(14(18)3)25(15,4)5)21(34)30-17(7-6-8-29-23(26)27)20(33)22-28-9-10-36-22/h9-10,13-19H,6-8,11-12H2,1-5H3,(H,30,34)(H4,26,27,29)(H2,31,32,35)/t14-,15+,16-,17-,18-,19-/m0/s1. The number of amides is 3. The highest BCUT2D eigenvalue weighted by Crippen LogP contribution is 2.61. The van der Waals surface area contributed by atoms with Crippen LogP contribution in [0.4, 0.5) is 4.79 Å². The van der Waals surface area contributed by atoms with Gasteiger partial charge in [-0.1, -0.05) is 34.6 Å². The zero-order valence-electron chi connectivity index (χ0n) is 21.9. The lowest BCUT2D eigenvalue weighted by Gasteiger charge is -2.62. The van der Waals surface area contributed by atoms with Crippen LogP contribution in [0.1, 0.15) is 70.1 Å². The summed E-state index contributed by atoms with van der Waals surface area (Å²) >= 11 is 1.22. The van der Waals surface area contributed by atoms with Crippen LogP contribution < -0.4 is 27.4 Å². The lowest BCUT2D eigenvalue weighted by molar-refractivity contribution is -0.124. The molecule has 4 rings (SSSR count). The first-order chi connectivity index (χ1) is 16.9. The van der Waals surface area contributed by atoms with Crippen LogP contribution in [0.15, 0.2) is 16.6 Å². The molecule has 0 aliphatic heterocycles. The fourth-order valence-corrected chi connectivity index (χ4v) is 6.39. The van der Waals surface area contributed by atoms with E-state index in [2.05, 4.69) is 46.7 Å². The normalized spacial score (nSPS) is 25.7. The lowest BCUT2D eigenvalue weighted by atomic mass is 9.45. The van der Waals surface area contributed by atoms with E-state index in [-0.39, 0.29) is 29.7 Å². The van der Waals surface area contributed by atoms with Gasteiger partial charge in [-0.25, -0.2) is 9.78 Å². The van der Waals surface area contributed by atoms with Crippen LogP contribution >= 0.6 is 11.3 Å².